The first kappa shape index (κ1) is 12.4. The van der Waals surface area contributed by atoms with Crippen molar-refractivity contribution in [3.05, 3.63) is 35.7 Å². The van der Waals surface area contributed by atoms with Gasteiger partial charge in [0, 0.05) is 18.5 Å². The molecule has 1 amide bonds. The predicted molar refractivity (Wildman–Crippen MR) is 74.3 cm³/mol. The first-order valence-electron chi connectivity index (χ1n) is 7.13. The number of aryl methyl sites for hydroxylation is 1. The summed E-state index contributed by atoms with van der Waals surface area (Å²) in [6.45, 7) is 5.16. The zero-order valence-electron chi connectivity index (χ0n) is 11.2. The number of benzene rings is 1. The molecule has 1 heterocycles. The highest BCUT2D eigenvalue weighted by atomic mass is 16.5. The fourth-order valence-electron chi connectivity index (χ4n) is 3.31. The van der Waals surface area contributed by atoms with E-state index in [1.54, 1.807) is 0 Å². The fraction of sp³-hybridized carbons (Fsp3) is 0.500. The number of amides is 1. The van der Waals surface area contributed by atoms with Gasteiger partial charge in [-0.2, -0.15) is 0 Å². The molecule has 3 nitrogen and oxygen atoms in total. The lowest BCUT2D eigenvalue weighted by Crippen LogP contribution is -2.24. The highest BCUT2D eigenvalue weighted by molar-refractivity contribution is 5.76. The Labute approximate surface area is 114 Å². The third-order valence-corrected chi connectivity index (χ3v) is 4.23. The number of hydrogen-bond donors (Lipinski definition) is 1. The van der Waals surface area contributed by atoms with Crippen molar-refractivity contribution in [3.63, 3.8) is 0 Å². The van der Waals surface area contributed by atoms with Crippen LogP contribution in [-0.2, 0) is 17.6 Å². The molecule has 0 bridgehead atoms. The van der Waals surface area contributed by atoms with Crippen molar-refractivity contribution >= 4 is 5.91 Å². The Morgan fingerprint density at radius 2 is 2.32 bits per heavy atom. The van der Waals surface area contributed by atoms with Crippen molar-refractivity contribution in [2.45, 2.75) is 38.0 Å². The molecule has 0 spiro atoms. The SMILES string of the molecule is [CH2+]CC(=O)NCC[C@@H]1CCc2ccc3c(c21)CCO3. The highest BCUT2D eigenvalue weighted by Gasteiger charge is 2.29. The summed E-state index contributed by atoms with van der Waals surface area (Å²) in [7, 11) is 0. The molecule has 0 fully saturated rings. The minimum Gasteiger partial charge on any atom is -0.493 e. The molecule has 0 saturated carbocycles. The topological polar surface area (TPSA) is 38.3 Å². The van der Waals surface area contributed by atoms with Gasteiger partial charge in [-0.25, -0.2) is 0 Å². The first-order chi connectivity index (χ1) is 9.29. The predicted octanol–water partition coefficient (Wildman–Crippen LogP) is 2.38. The van der Waals surface area contributed by atoms with Gasteiger partial charge in [0.05, 0.1) is 13.5 Å². The van der Waals surface area contributed by atoms with E-state index >= 15 is 0 Å². The lowest BCUT2D eigenvalue weighted by atomic mass is 9.92. The quantitative estimate of drug-likeness (QED) is 0.842. The molecule has 3 rings (SSSR count). The Morgan fingerprint density at radius 1 is 1.42 bits per heavy atom. The average Bonchev–Trinajstić information content (AvgIpc) is 3.03. The summed E-state index contributed by atoms with van der Waals surface area (Å²) < 4.78 is 5.65. The molecule has 1 N–H and O–H groups in total. The van der Waals surface area contributed by atoms with Crippen LogP contribution >= 0.6 is 0 Å². The Kier molecular flexibility index (Phi) is 3.36. The maximum atomic E-state index is 11.2. The molecule has 100 valence electrons. The van der Waals surface area contributed by atoms with Crippen LogP contribution < -0.4 is 10.1 Å². The van der Waals surface area contributed by atoms with Crippen molar-refractivity contribution in [3.8, 4) is 5.75 Å². The van der Waals surface area contributed by atoms with E-state index in [0.29, 0.717) is 12.3 Å². The zero-order valence-corrected chi connectivity index (χ0v) is 11.2. The van der Waals surface area contributed by atoms with Gasteiger partial charge in [-0.05, 0) is 42.4 Å². The summed E-state index contributed by atoms with van der Waals surface area (Å²) in [4.78, 5) is 11.2. The second-order valence-electron chi connectivity index (χ2n) is 5.34. The number of carbonyl (C=O) groups is 1. The Hall–Kier alpha value is -1.64. The molecule has 1 aromatic carbocycles. The summed E-state index contributed by atoms with van der Waals surface area (Å²) in [5.41, 5.74) is 4.42. The molecular weight excluding hydrogens is 238 g/mol. The normalized spacial score (nSPS) is 19.7. The number of carbonyl (C=O) groups excluding carboxylic acids is 1. The maximum Gasteiger partial charge on any atom is 0.264 e. The smallest absolute Gasteiger partial charge is 0.264 e. The van der Waals surface area contributed by atoms with E-state index in [0.717, 1.165) is 38.2 Å². The van der Waals surface area contributed by atoms with Gasteiger partial charge in [0.2, 0.25) is 0 Å². The fourth-order valence-corrected chi connectivity index (χ4v) is 3.31. The third kappa shape index (κ3) is 2.29. The second-order valence-corrected chi connectivity index (χ2v) is 5.34. The lowest BCUT2D eigenvalue weighted by Gasteiger charge is -2.15. The number of fused-ring (bicyclic) bond motifs is 3. The number of hydrogen-bond acceptors (Lipinski definition) is 2. The van der Waals surface area contributed by atoms with Crippen molar-refractivity contribution in [2.75, 3.05) is 13.2 Å². The van der Waals surface area contributed by atoms with E-state index in [4.69, 9.17) is 4.74 Å². The van der Waals surface area contributed by atoms with Crippen LogP contribution in [-0.4, -0.2) is 19.1 Å². The van der Waals surface area contributed by atoms with Crippen LogP contribution in [0.1, 0.15) is 41.9 Å². The molecule has 3 heteroatoms. The molecule has 1 atom stereocenters. The Balaban J connectivity index is 1.71. The standard InChI is InChI=1S/C16H19NO2/c1-2-15(18)17-9-7-12-4-3-11-5-6-14-13(16(11)12)8-10-19-14/h5-6,12H,1-4,7-10H2/p+1/t12-/m0/s1. The van der Waals surface area contributed by atoms with Gasteiger partial charge in [-0.1, -0.05) is 6.07 Å². The van der Waals surface area contributed by atoms with E-state index in [1.807, 2.05) is 0 Å². The summed E-state index contributed by atoms with van der Waals surface area (Å²) in [6, 6.07) is 4.34. The summed E-state index contributed by atoms with van der Waals surface area (Å²) in [5.74, 6) is 1.70. The van der Waals surface area contributed by atoms with Crippen molar-refractivity contribution < 1.29 is 9.53 Å². The minimum atomic E-state index is 0.0415. The second kappa shape index (κ2) is 5.16. The van der Waals surface area contributed by atoms with E-state index in [2.05, 4.69) is 24.4 Å². The molecule has 0 saturated heterocycles. The van der Waals surface area contributed by atoms with Gasteiger partial charge in [-0.3, -0.25) is 4.79 Å². The van der Waals surface area contributed by atoms with Crippen molar-refractivity contribution in [1.82, 2.24) is 5.32 Å². The largest absolute Gasteiger partial charge is 0.493 e. The van der Waals surface area contributed by atoms with Crippen molar-refractivity contribution in [2.24, 2.45) is 0 Å². The van der Waals surface area contributed by atoms with Gasteiger partial charge in [0.1, 0.15) is 5.75 Å². The molecule has 0 unspecified atom stereocenters. The molecule has 19 heavy (non-hydrogen) atoms. The number of ether oxygens (including phenoxy) is 1. The van der Waals surface area contributed by atoms with Crippen LogP contribution in [0.3, 0.4) is 0 Å². The molecule has 1 aliphatic heterocycles. The monoisotopic (exact) mass is 258 g/mol. The molecule has 1 aliphatic carbocycles. The van der Waals surface area contributed by atoms with Gasteiger partial charge >= 0.3 is 0 Å². The van der Waals surface area contributed by atoms with Crippen LogP contribution in [0, 0.1) is 6.92 Å². The van der Waals surface area contributed by atoms with Crippen LogP contribution in [0.4, 0.5) is 0 Å². The van der Waals surface area contributed by atoms with E-state index in [9.17, 15) is 4.79 Å². The van der Waals surface area contributed by atoms with Gasteiger partial charge in [0.25, 0.3) is 5.91 Å². The molecule has 0 radical (unpaired) electrons. The minimum absolute atomic E-state index is 0.0415. The molecular formula is C16H20NO2+. The molecule has 0 aromatic heterocycles. The van der Waals surface area contributed by atoms with Gasteiger partial charge in [0.15, 0.2) is 6.42 Å². The Bertz CT molecular complexity index is 496. The number of rotatable bonds is 4. The van der Waals surface area contributed by atoms with E-state index < -0.39 is 0 Å². The van der Waals surface area contributed by atoms with Crippen LogP contribution in [0.2, 0.25) is 0 Å². The van der Waals surface area contributed by atoms with Crippen LogP contribution in [0.25, 0.3) is 0 Å². The average molecular weight is 258 g/mol. The van der Waals surface area contributed by atoms with E-state index in [1.165, 1.54) is 23.1 Å². The van der Waals surface area contributed by atoms with Gasteiger partial charge in [-0.15, -0.1) is 0 Å². The lowest BCUT2D eigenvalue weighted by molar-refractivity contribution is -0.120. The first-order valence-corrected chi connectivity index (χ1v) is 7.13. The molecule has 2 aliphatic rings. The summed E-state index contributed by atoms with van der Waals surface area (Å²) >= 11 is 0. The summed E-state index contributed by atoms with van der Waals surface area (Å²) in [5, 5.41) is 2.93. The van der Waals surface area contributed by atoms with Crippen LogP contribution in [0.5, 0.6) is 5.75 Å². The van der Waals surface area contributed by atoms with E-state index in [-0.39, 0.29) is 5.91 Å². The zero-order chi connectivity index (χ0) is 13.2. The van der Waals surface area contributed by atoms with Crippen molar-refractivity contribution in [1.29, 1.82) is 0 Å². The highest BCUT2D eigenvalue weighted by Crippen LogP contribution is 2.42. The van der Waals surface area contributed by atoms with Gasteiger partial charge < -0.3 is 10.1 Å². The summed E-state index contributed by atoms with van der Waals surface area (Å²) in [6.07, 6.45) is 4.75. The third-order valence-electron chi connectivity index (χ3n) is 4.23. The molecule has 1 aromatic rings. The Morgan fingerprint density at radius 3 is 3.16 bits per heavy atom. The maximum absolute atomic E-state index is 11.2. The van der Waals surface area contributed by atoms with Crippen LogP contribution in [0.15, 0.2) is 12.1 Å². The number of nitrogens with one attached hydrogen (secondary N) is 1.